The fraction of sp³-hybridized carbons (Fsp3) is 0.500. The molecule has 0 aliphatic heterocycles. The van der Waals surface area contributed by atoms with Crippen molar-refractivity contribution in [3.63, 3.8) is 0 Å². The van der Waals surface area contributed by atoms with E-state index in [1.54, 1.807) is 0 Å². The molecule has 1 aliphatic rings. The van der Waals surface area contributed by atoms with E-state index in [-0.39, 0.29) is 21.5 Å². The highest BCUT2D eigenvalue weighted by atomic mass is 79.9. The summed E-state index contributed by atoms with van der Waals surface area (Å²) in [6, 6.07) is 3.30. The molecular weight excluding hydrogens is 335 g/mol. The Morgan fingerprint density at radius 3 is 2.63 bits per heavy atom. The summed E-state index contributed by atoms with van der Waals surface area (Å²) in [4.78, 5) is -0.0778. The Morgan fingerprint density at radius 1 is 1.32 bits per heavy atom. The summed E-state index contributed by atoms with van der Waals surface area (Å²) >= 11 is 2.99. The van der Waals surface area contributed by atoms with Gasteiger partial charge in [0.2, 0.25) is 10.0 Å². The predicted octanol–water partition coefficient (Wildman–Crippen LogP) is 2.14. The molecule has 106 valence electrons. The fourth-order valence-corrected chi connectivity index (χ4v) is 3.80. The topological polar surface area (TPSA) is 72.2 Å². The monoisotopic (exact) mass is 350 g/mol. The first kappa shape index (κ1) is 14.9. The number of nitrogens with one attached hydrogen (secondary N) is 1. The van der Waals surface area contributed by atoms with Crippen molar-refractivity contribution in [3.05, 3.63) is 28.5 Å². The molecule has 3 N–H and O–H groups in total. The van der Waals surface area contributed by atoms with E-state index < -0.39 is 15.8 Å². The van der Waals surface area contributed by atoms with E-state index in [0.29, 0.717) is 0 Å². The van der Waals surface area contributed by atoms with Crippen LogP contribution in [-0.2, 0) is 10.0 Å². The molecule has 0 heterocycles. The molecule has 1 fully saturated rings. The van der Waals surface area contributed by atoms with E-state index in [9.17, 15) is 12.8 Å². The molecule has 1 aliphatic carbocycles. The zero-order valence-electron chi connectivity index (χ0n) is 10.3. The number of sulfonamides is 1. The summed E-state index contributed by atoms with van der Waals surface area (Å²) in [7, 11) is -3.72. The molecule has 0 saturated heterocycles. The summed E-state index contributed by atoms with van der Waals surface area (Å²) in [6.07, 6.45) is 3.50. The van der Waals surface area contributed by atoms with Gasteiger partial charge in [-0.1, -0.05) is 12.8 Å². The Morgan fingerprint density at radius 2 is 2.00 bits per heavy atom. The van der Waals surface area contributed by atoms with E-state index >= 15 is 0 Å². The van der Waals surface area contributed by atoms with Crippen LogP contribution in [0.1, 0.15) is 25.7 Å². The van der Waals surface area contributed by atoms with Crippen molar-refractivity contribution in [1.82, 2.24) is 4.72 Å². The highest BCUT2D eigenvalue weighted by Gasteiger charge is 2.27. The second-order valence-electron chi connectivity index (χ2n) is 4.75. The lowest BCUT2D eigenvalue weighted by Crippen LogP contribution is -2.49. The molecule has 0 aromatic heterocycles. The van der Waals surface area contributed by atoms with Gasteiger partial charge in [0.25, 0.3) is 0 Å². The quantitative estimate of drug-likeness (QED) is 0.876. The van der Waals surface area contributed by atoms with E-state index in [1.165, 1.54) is 12.1 Å². The number of nitrogens with two attached hydrogens (primary N) is 1. The van der Waals surface area contributed by atoms with Crippen LogP contribution in [0.15, 0.2) is 27.6 Å². The van der Waals surface area contributed by atoms with Crippen LogP contribution in [0.25, 0.3) is 0 Å². The van der Waals surface area contributed by atoms with Gasteiger partial charge in [-0.15, -0.1) is 0 Å². The normalized spacial score (nSPS) is 24.4. The van der Waals surface area contributed by atoms with Crippen LogP contribution in [0.3, 0.4) is 0 Å². The molecule has 1 aromatic carbocycles. The number of hydrogen-bond acceptors (Lipinski definition) is 3. The van der Waals surface area contributed by atoms with Crippen molar-refractivity contribution in [1.29, 1.82) is 0 Å². The predicted molar refractivity (Wildman–Crippen MR) is 74.7 cm³/mol. The zero-order chi connectivity index (χ0) is 14.0. The first-order valence-corrected chi connectivity index (χ1v) is 8.41. The standard InChI is InChI=1S/C12H16BrFN2O2S/c13-9-6-5-8(7-10(9)14)19(17,18)16-12-4-2-1-3-11(12)15/h5-7,11-12,16H,1-4,15H2. The molecule has 1 saturated carbocycles. The van der Waals surface area contributed by atoms with Crippen molar-refractivity contribution in [3.8, 4) is 0 Å². The van der Waals surface area contributed by atoms with Gasteiger partial charge in [-0.2, -0.15) is 0 Å². The molecule has 19 heavy (non-hydrogen) atoms. The molecule has 0 spiro atoms. The van der Waals surface area contributed by atoms with Crippen LogP contribution in [0, 0.1) is 5.82 Å². The maximum absolute atomic E-state index is 13.4. The van der Waals surface area contributed by atoms with Gasteiger partial charge in [-0.3, -0.25) is 0 Å². The molecule has 1 aromatic rings. The molecule has 2 rings (SSSR count). The summed E-state index contributed by atoms with van der Waals surface area (Å²) in [5.41, 5.74) is 5.91. The largest absolute Gasteiger partial charge is 0.326 e. The maximum atomic E-state index is 13.4. The van der Waals surface area contributed by atoms with Crippen LogP contribution in [-0.4, -0.2) is 20.5 Å². The van der Waals surface area contributed by atoms with Gasteiger partial charge in [0.15, 0.2) is 0 Å². The lowest BCUT2D eigenvalue weighted by Gasteiger charge is -2.29. The summed E-state index contributed by atoms with van der Waals surface area (Å²) < 4.78 is 40.5. The van der Waals surface area contributed by atoms with E-state index in [4.69, 9.17) is 5.73 Å². The molecule has 0 amide bonds. The Kier molecular flexibility index (Phi) is 4.60. The van der Waals surface area contributed by atoms with E-state index in [1.807, 2.05) is 0 Å². The highest BCUT2D eigenvalue weighted by Crippen LogP contribution is 2.22. The van der Waals surface area contributed by atoms with Gasteiger partial charge in [0, 0.05) is 12.1 Å². The van der Waals surface area contributed by atoms with Gasteiger partial charge in [0.05, 0.1) is 9.37 Å². The molecule has 4 nitrogen and oxygen atoms in total. The van der Waals surface area contributed by atoms with Crippen LogP contribution in [0.4, 0.5) is 4.39 Å². The second kappa shape index (κ2) is 5.87. The third-order valence-corrected chi connectivity index (χ3v) is 5.46. The van der Waals surface area contributed by atoms with Crippen molar-refractivity contribution >= 4 is 26.0 Å². The molecular formula is C12H16BrFN2O2S. The number of halogens is 2. The van der Waals surface area contributed by atoms with Crippen LogP contribution < -0.4 is 10.5 Å². The van der Waals surface area contributed by atoms with Crippen molar-refractivity contribution < 1.29 is 12.8 Å². The third-order valence-electron chi connectivity index (χ3n) is 3.33. The summed E-state index contributed by atoms with van der Waals surface area (Å²) in [5.74, 6) is -0.601. The summed E-state index contributed by atoms with van der Waals surface area (Å²) in [6.45, 7) is 0. The first-order valence-electron chi connectivity index (χ1n) is 6.13. The molecule has 2 unspecified atom stereocenters. The number of rotatable bonds is 3. The lowest BCUT2D eigenvalue weighted by molar-refractivity contribution is 0.361. The Hall–Kier alpha value is -0.500. The van der Waals surface area contributed by atoms with Gasteiger partial charge in [0.1, 0.15) is 5.82 Å². The highest BCUT2D eigenvalue weighted by molar-refractivity contribution is 9.10. The van der Waals surface area contributed by atoms with E-state index in [2.05, 4.69) is 20.7 Å². The Bertz CT molecular complexity index is 565. The van der Waals surface area contributed by atoms with Crippen molar-refractivity contribution in [2.75, 3.05) is 0 Å². The lowest BCUT2D eigenvalue weighted by atomic mass is 9.92. The number of benzene rings is 1. The Balaban J connectivity index is 2.19. The van der Waals surface area contributed by atoms with Crippen molar-refractivity contribution in [2.45, 2.75) is 42.7 Å². The van der Waals surface area contributed by atoms with Gasteiger partial charge in [-0.05, 0) is 47.0 Å². The first-order chi connectivity index (χ1) is 8.90. The zero-order valence-corrected chi connectivity index (χ0v) is 12.7. The van der Waals surface area contributed by atoms with Gasteiger partial charge < -0.3 is 5.73 Å². The Labute approximate surface area is 120 Å². The van der Waals surface area contributed by atoms with Crippen molar-refractivity contribution in [2.24, 2.45) is 5.73 Å². The molecule has 2 atom stereocenters. The fourth-order valence-electron chi connectivity index (χ4n) is 2.22. The second-order valence-corrected chi connectivity index (χ2v) is 7.32. The third kappa shape index (κ3) is 3.53. The molecule has 0 bridgehead atoms. The minimum atomic E-state index is -3.72. The summed E-state index contributed by atoms with van der Waals surface area (Å²) in [5, 5.41) is 0. The minimum Gasteiger partial charge on any atom is -0.326 e. The van der Waals surface area contributed by atoms with E-state index in [0.717, 1.165) is 31.7 Å². The molecule has 7 heteroatoms. The smallest absolute Gasteiger partial charge is 0.240 e. The minimum absolute atomic E-state index is 0.0778. The average molecular weight is 351 g/mol. The van der Waals surface area contributed by atoms with Gasteiger partial charge in [-0.25, -0.2) is 17.5 Å². The average Bonchev–Trinajstić information content (AvgIpc) is 2.35. The van der Waals surface area contributed by atoms with Crippen LogP contribution >= 0.6 is 15.9 Å². The SMILES string of the molecule is NC1CCCCC1NS(=O)(=O)c1ccc(Br)c(F)c1. The number of hydrogen-bond donors (Lipinski definition) is 2. The van der Waals surface area contributed by atoms with Crippen LogP contribution in [0.2, 0.25) is 0 Å². The van der Waals surface area contributed by atoms with Gasteiger partial charge >= 0.3 is 0 Å². The maximum Gasteiger partial charge on any atom is 0.240 e. The molecule has 0 radical (unpaired) electrons. The van der Waals surface area contributed by atoms with Crippen LogP contribution in [0.5, 0.6) is 0 Å².